The highest BCUT2D eigenvalue weighted by Gasteiger charge is 2.14. The molecule has 20 heavy (non-hydrogen) atoms. The summed E-state index contributed by atoms with van der Waals surface area (Å²) in [7, 11) is 5.05. The van der Waals surface area contributed by atoms with Gasteiger partial charge in [-0.05, 0) is 24.6 Å². The molecule has 0 aliphatic heterocycles. The summed E-state index contributed by atoms with van der Waals surface area (Å²) in [4.78, 5) is 2.31. The maximum atomic E-state index is 5.95. The van der Waals surface area contributed by atoms with Crippen molar-refractivity contribution in [2.45, 2.75) is 19.5 Å². The molecule has 0 aromatic heterocycles. The van der Waals surface area contributed by atoms with Crippen LogP contribution in [0.5, 0.6) is 5.75 Å². The molecular weight excluding hydrogens is 256 g/mol. The van der Waals surface area contributed by atoms with Crippen molar-refractivity contribution in [2.75, 3.05) is 46.8 Å². The number of methoxy groups -OCH3 is 3. The Balaban J connectivity index is 2.74. The van der Waals surface area contributed by atoms with Crippen LogP contribution in [0.25, 0.3) is 0 Å². The highest BCUT2D eigenvalue weighted by atomic mass is 16.5. The van der Waals surface area contributed by atoms with E-state index in [4.69, 9.17) is 19.9 Å². The Hall–Kier alpha value is -1.30. The molecule has 0 saturated heterocycles. The van der Waals surface area contributed by atoms with E-state index in [0.717, 1.165) is 18.7 Å². The molecule has 1 rings (SSSR count). The fourth-order valence-electron chi connectivity index (χ4n) is 2.13. The van der Waals surface area contributed by atoms with Crippen LogP contribution >= 0.6 is 0 Å². The number of hydrogen-bond donors (Lipinski definition) is 1. The first-order valence-corrected chi connectivity index (χ1v) is 6.76. The van der Waals surface area contributed by atoms with E-state index in [1.54, 1.807) is 21.3 Å². The zero-order chi connectivity index (χ0) is 15.0. The van der Waals surface area contributed by atoms with E-state index in [1.807, 2.05) is 18.2 Å². The number of nitrogen functional groups attached to an aromatic ring is 1. The summed E-state index contributed by atoms with van der Waals surface area (Å²) in [5.41, 5.74) is 7.77. The highest BCUT2D eigenvalue weighted by Crippen LogP contribution is 2.23. The molecule has 1 atom stereocenters. The first-order chi connectivity index (χ1) is 9.62. The molecule has 5 heteroatoms. The van der Waals surface area contributed by atoms with Gasteiger partial charge in [-0.2, -0.15) is 0 Å². The van der Waals surface area contributed by atoms with Gasteiger partial charge in [-0.25, -0.2) is 0 Å². The molecule has 0 aliphatic rings. The molecule has 1 unspecified atom stereocenters. The van der Waals surface area contributed by atoms with Crippen molar-refractivity contribution in [1.29, 1.82) is 0 Å². The average molecular weight is 282 g/mol. The lowest BCUT2D eigenvalue weighted by Crippen LogP contribution is -2.38. The van der Waals surface area contributed by atoms with Crippen molar-refractivity contribution in [3.05, 3.63) is 23.8 Å². The number of nitrogens with two attached hydrogens (primary N) is 1. The molecule has 114 valence electrons. The molecular formula is C15H26N2O3. The predicted octanol–water partition coefficient (Wildman–Crippen LogP) is 1.76. The SMILES string of the molecule is COCCN(Cc1ccc(OC)c(N)c1)C(C)COC. The van der Waals surface area contributed by atoms with Crippen molar-refractivity contribution in [3.63, 3.8) is 0 Å². The second-order valence-corrected chi connectivity index (χ2v) is 4.84. The molecule has 0 fully saturated rings. The summed E-state index contributed by atoms with van der Waals surface area (Å²) in [5.74, 6) is 0.710. The third-order valence-electron chi connectivity index (χ3n) is 3.29. The van der Waals surface area contributed by atoms with Crippen molar-refractivity contribution in [2.24, 2.45) is 0 Å². The quantitative estimate of drug-likeness (QED) is 0.699. The van der Waals surface area contributed by atoms with Crippen LogP contribution in [0.1, 0.15) is 12.5 Å². The number of anilines is 1. The fourth-order valence-corrected chi connectivity index (χ4v) is 2.13. The lowest BCUT2D eigenvalue weighted by molar-refractivity contribution is 0.0705. The molecule has 0 amide bonds. The minimum Gasteiger partial charge on any atom is -0.495 e. The van der Waals surface area contributed by atoms with E-state index >= 15 is 0 Å². The Morgan fingerprint density at radius 3 is 2.50 bits per heavy atom. The van der Waals surface area contributed by atoms with Crippen LogP contribution in [-0.2, 0) is 16.0 Å². The highest BCUT2D eigenvalue weighted by molar-refractivity contribution is 5.54. The monoisotopic (exact) mass is 282 g/mol. The standard InChI is InChI=1S/C15H26N2O3/c1-12(11-19-3)17(7-8-18-2)10-13-5-6-15(20-4)14(16)9-13/h5-6,9,12H,7-8,10-11,16H2,1-4H3. The van der Waals surface area contributed by atoms with E-state index < -0.39 is 0 Å². The maximum absolute atomic E-state index is 5.95. The van der Waals surface area contributed by atoms with Gasteiger partial charge in [-0.15, -0.1) is 0 Å². The van der Waals surface area contributed by atoms with E-state index in [1.165, 1.54) is 0 Å². The summed E-state index contributed by atoms with van der Waals surface area (Å²) in [6, 6.07) is 6.21. The van der Waals surface area contributed by atoms with Crippen molar-refractivity contribution in [3.8, 4) is 5.75 Å². The minimum atomic E-state index is 0.318. The van der Waals surface area contributed by atoms with E-state index in [2.05, 4.69) is 11.8 Å². The Morgan fingerprint density at radius 1 is 1.20 bits per heavy atom. The Bertz CT molecular complexity index is 399. The van der Waals surface area contributed by atoms with Crippen molar-refractivity contribution >= 4 is 5.69 Å². The van der Waals surface area contributed by atoms with E-state index in [9.17, 15) is 0 Å². The van der Waals surface area contributed by atoms with Gasteiger partial charge in [-0.3, -0.25) is 4.90 Å². The summed E-state index contributed by atoms with van der Waals surface area (Å²) in [5, 5.41) is 0. The lowest BCUT2D eigenvalue weighted by atomic mass is 10.1. The Labute approximate surface area is 121 Å². The molecule has 1 aromatic carbocycles. The summed E-state index contributed by atoms with van der Waals surface area (Å²) >= 11 is 0. The minimum absolute atomic E-state index is 0.318. The average Bonchev–Trinajstić information content (AvgIpc) is 2.43. The second-order valence-electron chi connectivity index (χ2n) is 4.84. The van der Waals surface area contributed by atoms with Gasteiger partial charge in [0.25, 0.3) is 0 Å². The first kappa shape index (κ1) is 16.8. The van der Waals surface area contributed by atoms with Crippen molar-refractivity contribution in [1.82, 2.24) is 4.90 Å². The van der Waals surface area contributed by atoms with Crippen LogP contribution in [0, 0.1) is 0 Å². The third-order valence-corrected chi connectivity index (χ3v) is 3.29. The van der Waals surface area contributed by atoms with Crippen LogP contribution in [-0.4, -0.2) is 52.0 Å². The number of benzene rings is 1. The van der Waals surface area contributed by atoms with E-state index in [-0.39, 0.29) is 0 Å². The smallest absolute Gasteiger partial charge is 0.141 e. The van der Waals surface area contributed by atoms with E-state index in [0.29, 0.717) is 30.7 Å². The Morgan fingerprint density at radius 2 is 1.95 bits per heavy atom. The van der Waals surface area contributed by atoms with Gasteiger partial charge in [0.15, 0.2) is 0 Å². The van der Waals surface area contributed by atoms with Gasteiger partial charge in [0.1, 0.15) is 5.75 Å². The van der Waals surface area contributed by atoms with Crippen LogP contribution in [0.3, 0.4) is 0 Å². The second kappa shape index (κ2) is 8.79. The maximum Gasteiger partial charge on any atom is 0.141 e. The zero-order valence-corrected chi connectivity index (χ0v) is 12.9. The molecule has 0 spiro atoms. The summed E-state index contributed by atoms with van der Waals surface area (Å²) in [6.07, 6.45) is 0. The molecule has 0 saturated carbocycles. The van der Waals surface area contributed by atoms with Crippen LogP contribution in [0.4, 0.5) is 5.69 Å². The first-order valence-electron chi connectivity index (χ1n) is 6.76. The third kappa shape index (κ3) is 5.00. The van der Waals surface area contributed by atoms with Crippen molar-refractivity contribution < 1.29 is 14.2 Å². The van der Waals surface area contributed by atoms with Gasteiger partial charge in [0.05, 0.1) is 26.0 Å². The zero-order valence-electron chi connectivity index (χ0n) is 12.9. The van der Waals surface area contributed by atoms with Gasteiger partial charge in [0, 0.05) is 33.4 Å². The number of hydrogen-bond acceptors (Lipinski definition) is 5. The van der Waals surface area contributed by atoms with Crippen LogP contribution in [0.2, 0.25) is 0 Å². The summed E-state index contributed by atoms with van der Waals surface area (Å²) in [6.45, 7) is 5.19. The molecule has 0 radical (unpaired) electrons. The molecule has 2 N–H and O–H groups in total. The number of ether oxygens (including phenoxy) is 3. The lowest BCUT2D eigenvalue weighted by Gasteiger charge is -2.28. The van der Waals surface area contributed by atoms with Gasteiger partial charge >= 0.3 is 0 Å². The molecule has 0 bridgehead atoms. The largest absolute Gasteiger partial charge is 0.495 e. The fraction of sp³-hybridized carbons (Fsp3) is 0.600. The molecule has 0 aliphatic carbocycles. The van der Waals surface area contributed by atoms with Crippen LogP contribution in [0.15, 0.2) is 18.2 Å². The number of nitrogens with zero attached hydrogens (tertiary/aromatic N) is 1. The number of rotatable bonds is 9. The van der Waals surface area contributed by atoms with Crippen LogP contribution < -0.4 is 10.5 Å². The topological polar surface area (TPSA) is 57.0 Å². The Kier molecular flexibility index (Phi) is 7.36. The normalized spacial score (nSPS) is 12.7. The molecule has 5 nitrogen and oxygen atoms in total. The summed E-state index contributed by atoms with van der Waals surface area (Å²) < 4.78 is 15.6. The van der Waals surface area contributed by atoms with Gasteiger partial charge < -0.3 is 19.9 Å². The van der Waals surface area contributed by atoms with Gasteiger partial charge in [-0.1, -0.05) is 6.07 Å². The predicted molar refractivity (Wildman–Crippen MR) is 81.0 cm³/mol. The molecule has 0 heterocycles. The van der Waals surface area contributed by atoms with Gasteiger partial charge in [0.2, 0.25) is 0 Å². The molecule has 1 aromatic rings.